The third kappa shape index (κ3) is 1.61. The number of hydrogen-bond acceptors (Lipinski definition) is 2. The molecule has 0 bridgehead atoms. The minimum absolute atomic E-state index is 0.178. The summed E-state index contributed by atoms with van der Waals surface area (Å²) in [6.45, 7) is 0. The first-order valence-corrected chi connectivity index (χ1v) is 5.78. The molecule has 1 heterocycles. The smallest absolute Gasteiger partial charge is 0.281 e. The van der Waals surface area contributed by atoms with E-state index in [0.717, 1.165) is 11.1 Å². The molecule has 0 aliphatic rings. The van der Waals surface area contributed by atoms with Crippen LogP contribution in [0.25, 0.3) is 22.3 Å². The maximum atomic E-state index is 12.0. The summed E-state index contributed by atoms with van der Waals surface area (Å²) in [7, 11) is 1.93. The first-order valence-electron chi connectivity index (χ1n) is 5.78. The van der Waals surface area contributed by atoms with Crippen molar-refractivity contribution < 1.29 is 0 Å². The highest BCUT2D eigenvalue weighted by atomic mass is 16.1. The predicted molar refractivity (Wildman–Crippen MR) is 72.4 cm³/mol. The minimum Gasteiger partial charge on any atom is -0.328 e. The van der Waals surface area contributed by atoms with Crippen molar-refractivity contribution in [2.75, 3.05) is 0 Å². The molecule has 0 unspecified atom stereocenters. The number of rotatable bonds is 1. The van der Waals surface area contributed by atoms with Gasteiger partial charge in [-0.05, 0) is 12.1 Å². The van der Waals surface area contributed by atoms with Crippen LogP contribution in [0.5, 0.6) is 0 Å². The van der Waals surface area contributed by atoms with Crippen LogP contribution in [0, 0.1) is 0 Å². The lowest BCUT2D eigenvalue weighted by atomic mass is 10.2. The lowest BCUT2D eigenvalue weighted by Crippen LogP contribution is -2.14. The summed E-state index contributed by atoms with van der Waals surface area (Å²) in [4.78, 5) is 16.2. The highest BCUT2D eigenvalue weighted by Crippen LogP contribution is 2.18. The van der Waals surface area contributed by atoms with Crippen LogP contribution in [-0.2, 0) is 7.05 Å². The summed E-state index contributed by atoms with van der Waals surface area (Å²) in [6, 6.07) is 17.3. The fraction of sp³-hybridized carbons (Fsp3) is 0.0667. The van der Waals surface area contributed by atoms with Gasteiger partial charge in [0.25, 0.3) is 5.56 Å². The number of aromatic nitrogens is 2. The Bertz CT molecular complexity index is 760. The molecule has 0 amide bonds. The Morgan fingerprint density at radius 2 is 1.61 bits per heavy atom. The van der Waals surface area contributed by atoms with E-state index in [1.807, 2.05) is 60.1 Å². The van der Waals surface area contributed by atoms with Crippen LogP contribution >= 0.6 is 0 Å². The van der Waals surface area contributed by atoms with Crippen LogP contribution in [0.1, 0.15) is 0 Å². The molecule has 3 nitrogen and oxygen atoms in total. The molecule has 0 fully saturated rings. The summed E-state index contributed by atoms with van der Waals surface area (Å²) in [5.74, 6) is 0.694. The molecule has 0 spiro atoms. The second-order valence-corrected chi connectivity index (χ2v) is 4.18. The Morgan fingerprint density at radius 1 is 0.944 bits per heavy atom. The first-order chi connectivity index (χ1) is 8.77. The lowest BCUT2D eigenvalue weighted by molar-refractivity contribution is 0.915. The van der Waals surface area contributed by atoms with Crippen LogP contribution in [0.4, 0.5) is 0 Å². The van der Waals surface area contributed by atoms with Crippen molar-refractivity contribution in [2.45, 2.75) is 0 Å². The average molecular weight is 236 g/mol. The minimum atomic E-state index is -0.178. The molecule has 3 heteroatoms. The van der Waals surface area contributed by atoms with Crippen LogP contribution in [0.2, 0.25) is 0 Å². The molecular formula is C15H12N2O. The normalized spacial score (nSPS) is 10.7. The van der Waals surface area contributed by atoms with E-state index in [4.69, 9.17) is 0 Å². The fourth-order valence-electron chi connectivity index (χ4n) is 2.14. The van der Waals surface area contributed by atoms with Crippen molar-refractivity contribution in [1.29, 1.82) is 0 Å². The van der Waals surface area contributed by atoms with Crippen molar-refractivity contribution in [3.8, 4) is 11.4 Å². The molecule has 0 saturated carbocycles. The predicted octanol–water partition coefficient (Wildman–Crippen LogP) is 2.60. The third-order valence-corrected chi connectivity index (χ3v) is 3.05. The van der Waals surface area contributed by atoms with Gasteiger partial charge in [0.15, 0.2) is 0 Å². The van der Waals surface area contributed by atoms with Gasteiger partial charge in [-0.15, -0.1) is 0 Å². The lowest BCUT2D eigenvalue weighted by Gasteiger charge is -2.10. The van der Waals surface area contributed by atoms with Crippen molar-refractivity contribution >= 4 is 10.9 Å². The molecule has 0 atom stereocenters. The maximum Gasteiger partial charge on any atom is 0.281 e. The summed E-state index contributed by atoms with van der Waals surface area (Å²) < 4.78 is 1.95. The molecule has 18 heavy (non-hydrogen) atoms. The van der Waals surface area contributed by atoms with Gasteiger partial charge in [-0.3, -0.25) is 4.79 Å². The van der Waals surface area contributed by atoms with Crippen molar-refractivity contribution in [1.82, 2.24) is 9.55 Å². The zero-order valence-corrected chi connectivity index (χ0v) is 10.00. The van der Waals surface area contributed by atoms with Gasteiger partial charge in [0.1, 0.15) is 5.82 Å². The molecule has 0 radical (unpaired) electrons. The molecule has 3 aromatic rings. The molecule has 0 N–H and O–H groups in total. The van der Waals surface area contributed by atoms with Crippen LogP contribution < -0.4 is 5.56 Å². The van der Waals surface area contributed by atoms with Gasteiger partial charge in [-0.1, -0.05) is 42.5 Å². The number of nitrogens with zero attached hydrogens (tertiary/aromatic N) is 2. The molecule has 1 aromatic heterocycles. The molecule has 3 rings (SSSR count). The molecule has 0 aliphatic carbocycles. The first kappa shape index (κ1) is 10.7. The van der Waals surface area contributed by atoms with E-state index in [1.165, 1.54) is 0 Å². The van der Waals surface area contributed by atoms with E-state index < -0.39 is 0 Å². The summed E-state index contributed by atoms with van der Waals surface area (Å²) >= 11 is 0. The Balaban J connectivity index is 2.39. The Kier molecular flexibility index (Phi) is 2.45. The number of benzene rings is 2. The summed E-state index contributed by atoms with van der Waals surface area (Å²) in [6.07, 6.45) is 0. The monoisotopic (exact) mass is 236 g/mol. The van der Waals surface area contributed by atoms with Gasteiger partial charge < -0.3 is 4.57 Å². The molecule has 2 aromatic carbocycles. The third-order valence-electron chi connectivity index (χ3n) is 3.05. The van der Waals surface area contributed by atoms with Gasteiger partial charge in [0.2, 0.25) is 0 Å². The molecule has 0 saturated heterocycles. The zero-order valence-electron chi connectivity index (χ0n) is 10.00. The Hall–Kier alpha value is -2.42. The number of hydrogen-bond donors (Lipinski definition) is 0. The number of para-hydroxylation sites is 1. The Labute approximate surface area is 104 Å². The van der Waals surface area contributed by atoms with Gasteiger partial charge in [-0.2, -0.15) is 4.98 Å². The van der Waals surface area contributed by atoms with E-state index in [9.17, 15) is 4.79 Å². The largest absolute Gasteiger partial charge is 0.328 e. The molecule has 88 valence electrons. The highest BCUT2D eigenvalue weighted by molar-refractivity contribution is 5.80. The van der Waals surface area contributed by atoms with Gasteiger partial charge in [-0.25, -0.2) is 0 Å². The maximum absolute atomic E-state index is 12.0. The number of aryl methyl sites for hydroxylation is 1. The second kappa shape index (κ2) is 4.11. The summed E-state index contributed by atoms with van der Waals surface area (Å²) in [5, 5.41) is 0.652. The van der Waals surface area contributed by atoms with Crippen molar-refractivity contribution in [3.63, 3.8) is 0 Å². The van der Waals surface area contributed by atoms with E-state index in [1.54, 1.807) is 6.07 Å². The molecule has 0 aliphatic heterocycles. The Morgan fingerprint density at radius 3 is 2.39 bits per heavy atom. The topological polar surface area (TPSA) is 34.9 Å². The number of fused-ring (bicyclic) bond motifs is 1. The van der Waals surface area contributed by atoms with Crippen molar-refractivity contribution in [3.05, 3.63) is 65.0 Å². The standard InChI is InChI=1S/C15H12N2O/c1-17-13-10-6-5-9-12(13)15(18)16-14(17)11-7-3-2-4-8-11/h2-10H,1H3. The highest BCUT2D eigenvalue weighted by Gasteiger charge is 2.08. The zero-order chi connectivity index (χ0) is 12.5. The fourth-order valence-corrected chi connectivity index (χ4v) is 2.14. The quantitative estimate of drug-likeness (QED) is 0.651. The van der Waals surface area contributed by atoms with Crippen LogP contribution in [-0.4, -0.2) is 9.55 Å². The van der Waals surface area contributed by atoms with E-state index in [-0.39, 0.29) is 5.56 Å². The van der Waals surface area contributed by atoms with Gasteiger partial charge in [0.05, 0.1) is 10.9 Å². The van der Waals surface area contributed by atoms with Gasteiger partial charge in [0, 0.05) is 12.6 Å². The van der Waals surface area contributed by atoms with E-state index in [2.05, 4.69) is 4.98 Å². The van der Waals surface area contributed by atoms with E-state index in [0.29, 0.717) is 11.2 Å². The second-order valence-electron chi connectivity index (χ2n) is 4.18. The SMILES string of the molecule is Cn1c(-c2ccccc2)nc(=O)c2ccccc21. The van der Waals surface area contributed by atoms with Crippen LogP contribution in [0.3, 0.4) is 0 Å². The van der Waals surface area contributed by atoms with Gasteiger partial charge >= 0.3 is 0 Å². The van der Waals surface area contributed by atoms with Crippen LogP contribution in [0.15, 0.2) is 59.4 Å². The van der Waals surface area contributed by atoms with Crippen molar-refractivity contribution in [2.24, 2.45) is 7.05 Å². The average Bonchev–Trinajstić information content (AvgIpc) is 2.44. The molecular weight excluding hydrogens is 224 g/mol. The van der Waals surface area contributed by atoms with E-state index >= 15 is 0 Å². The summed E-state index contributed by atoms with van der Waals surface area (Å²) in [5.41, 5.74) is 1.67.